The summed E-state index contributed by atoms with van der Waals surface area (Å²) in [5.74, 6) is -1.00. The largest absolute Gasteiger partial charge is 0.361 e. The Morgan fingerprint density at radius 3 is 1.71 bits per heavy atom. The minimum atomic E-state index is -1.87. The number of ketones is 2. The van der Waals surface area contributed by atoms with Gasteiger partial charge in [-0.15, -0.1) is 0 Å². The average molecular weight is 193 g/mol. The van der Waals surface area contributed by atoms with Gasteiger partial charge in [0.15, 0.2) is 5.66 Å². The number of nitrogens with one attached hydrogen (secondary N) is 1. The number of aryl methyl sites for hydroxylation is 2. The van der Waals surface area contributed by atoms with Crippen molar-refractivity contribution in [3.8, 4) is 0 Å². The predicted molar refractivity (Wildman–Crippen MR) is 50.0 cm³/mol. The van der Waals surface area contributed by atoms with E-state index in [1.165, 1.54) is 0 Å². The molecular weight excluding hydrogens is 182 g/mol. The Morgan fingerprint density at radius 2 is 1.36 bits per heavy atom. The van der Waals surface area contributed by atoms with Crippen LogP contribution in [0.3, 0.4) is 0 Å². The quantitative estimate of drug-likeness (QED) is 0.386. The van der Waals surface area contributed by atoms with E-state index in [2.05, 4.69) is 4.98 Å². The summed E-state index contributed by atoms with van der Waals surface area (Å²) in [6.07, 6.45) is 0. The van der Waals surface area contributed by atoms with Crippen molar-refractivity contribution in [3.05, 3.63) is 22.5 Å². The Balaban J connectivity index is 2.78. The molecule has 0 saturated heterocycles. The third-order valence-corrected chi connectivity index (χ3v) is 2.58. The first kappa shape index (κ1) is 9.11. The Bertz CT molecular complexity index is 418. The second-order valence-electron chi connectivity index (χ2n) is 3.65. The van der Waals surface area contributed by atoms with Gasteiger partial charge < -0.3 is 16.5 Å². The second-order valence-corrected chi connectivity index (χ2v) is 3.65. The van der Waals surface area contributed by atoms with E-state index < -0.39 is 17.2 Å². The summed E-state index contributed by atoms with van der Waals surface area (Å²) in [5.41, 5.74) is 11.0. The predicted octanol–water partition coefficient (Wildman–Crippen LogP) is -0.376. The summed E-state index contributed by atoms with van der Waals surface area (Å²) in [5, 5.41) is 0. The lowest BCUT2D eigenvalue weighted by Gasteiger charge is -2.13. The molecule has 0 fully saturated rings. The molecule has 0 bridgehead atoms. The van der Waals surface area contributed by atoms with E-state index >= 15 is 0 Å². The van der Waals surface area contributed by atoms with Crippen LogP contribution in [0.4, 0.5) is 0 Å². The summed E-state index contributed by atoms with van der Waals surface area (Å²) < 4.78 is 0. The third-order valence-electron chi connectivity index (χ3n) is 2.58. The van der Waals surface area contributed by atoms with Gasteiger partial charge in [0.2, 0.25) is 11.6 Å². The number of hydrogen-bond acceptors (Lipinski definition) is 4. The molecular formula is C9H11N3O2. The van der Waals surface area contributed by atoms with Gasteiger partial charge in [-0.1, -0.05) is 0 Å². The van der Waals surface area contributed by atoms with E-state index in [0.717, 1.165) is 0 Å². The number of nitrogens with two attached hydrogens (primary N) is 2. The lowest BCUT2D eigenvalue weighted by Crippen LogP contribution is -2.59. The van der Waals surface area contributed by atoms with Crippen LogP contribution in [-0.4, -0.2) is 22.2 Å². The first-order chi connectivity index (χ1) is 6.37. The Kier molecular flexibility index (Phi) is 1.51. The SMILES string of the molecule is Cc1[nH]c(C)c2c1C(=O)C(N)(N)C2=O. The molecule has 1 aromatic heterocycles. The van der Waals surface area contributed by atoms with Crippen LogP contribution in [0.2, 0.25) is 0 Å². The van der Waals surface area contributed by atoms with Gasteiger partial charge in [0, 0.05) is 11.4 Å². The molecule has 2 rings (SSSR count). The molecule has 1 aliphatic rings. The number of hydrogen-bond donors (Lipinski definition) is 3. The number of carbonyl (C=O) groups excluding carboxylic acids is 2. The van der Waals surface area contributed by atoms with Crippen molar-refractivity contribution >= 4 is 11.6 Å². The molecule has 14 heavy (non-hydrogen) atoms. The van der Waals surface area contributed by atoms with Crippen molar-refractivity contribution in [1.29, 1.82) is 0 Å². The van der Waals surface area contributed by atoms with E-state index in [-0.39, 0.29) is 0 Å². The number of carbonyl (C=O) groups is 2. The summed E-state index contributed by atoms with van der Waals surface area (Å²) in [7, 11) is 0. The van der Waals surface area contributed by atoms with Gasteiger partial charge in [0.25, 0.3) is 0 Å². The number of aromatic amines is 1. The molecule has 5 heteroatoms. The zero-order valence-electron chi connectivity index (χ0n) is 7.97. The van der Waals surface area contributed by atoms with Crippen LogP contribution in [0.5, 0.6) is 0 Å². The van der Waals surface area contributed by atoms with Crippen molar-refractivity contribution in [2.75, 3.05) is 0 Å². The van der Waals surface area contributed by atoms with E-state index in [1.54, 1.807) is 13.8 Å². The third kappa shape index (κ3) is 0.804. The standard InChI is InChI=1S/C9H11N3O2/c1-3-5-6(4(2)12-3)8(14)9(10,11)7(5)13/h12H,10-11H2,1-2H3. The van der Waals surface area contributed by atoms with Crippen molar-refractivity contribution < 1.29 is 9.59 Å². The number of Topliss-reactive ketones (excluding diaryl/α,β-unsaturated/α-hetero) is 2. The average Bonchev–Trinajstić information content (AvgIpc) is 2.45. The highest BCUT2D eigenvalue weighted by Gasteiger charge is 2.49. The number of aromatic nitrogens is 1. The van der Waals surface area contributed by atoms with E-state index in [4.69, 9.17) is 11.5 Å². The smallest absolute Gasteiger partial charge is 0.207 e. The fourth-order valence-electron chi connectivity index (χ4n) is 1.87. The fraction of sp³-hybridized carbons (Fsp3) is 0.333. The van der Waals surface area contributed by atoms with Crippen LogP contribution in [0, 0.1) is 13.8 Å². The van der Waals surface area contributed by atoms with E-state index in [0.29, 0.717) is 22.5 Å². The van der Waals surface area contributed by atoms with Crippen LogP contribution in [0.1, 0.15) is 32.1 Å². The van der Waals surface area contributed by atoms with Crippen LogP contribution in [-0.2, 0) is 0 Å². The molecule has 0 unspecified atom stereocenters. The van der Waals surface area contributed by atoms with E-state index in [9.17, 15) is 9.59 Å². The van der Waals surface area contributed by atoms with Crippen molar-refractivity contribution in [1.82, 2.24) is 4.98 Å². The molecule has 0 spiro atoms. The minimum Gasteiger partial charge on any atom is -0.361 e. The summed E-state index contributed by atoms with van der Waals surface area (Å²) in [6, 6.07) is 0. The van der Waals surface area contributed by atoms with Gasteiger partial charge in [0.05, 0.1) is 11.1 Å². The number of rotatable bonds is 0. The highest BCUT2D eigenvalue weighted by Crippen LogP contribution is 2.30. The molecule has 0 saturated carbocycles. The molecule has 1 heterocycles. The summed E-state index contributed by atoms with van der Waals surface area (Å²) >= 11 is 0. The molecule has 0 aromatic carbocycles. The highest BCUT2D eigenvalue weighted by molar-refractivity contribution is 6.33. The Labute approximate surface area is 80.5 Å². The molecule has 0 atom stereocenters. The topological polar surface area (TPSA) is 102 Å². The van der Waals surface area contributed by atoms with Gasteiger partial charge in [-0.25, -0.2) is 0 Å². The maximum absolute atomic E-state index is 11.7. The zero-order valence-corrected chi connectivity index (χ0v) is 7.97. The van der Waals surface area contributed by atoms with Gasteiger partial charge in [-0.05, 0) is 13.8 Å². The van der Waals surface area contributed by atoms with Gasteiger partial charge in [-0.2, -0.15) is 0 Å². The van der Waals surface area contributed by atoms with Crippen LogP contribution in [0.25, 0.3) is 0 Å². The van der Waals surface area contributed by atoms with Crippen molar-refractivity contribution in [3.63, 3.8) is 0 Å². The normalized spacial score (nSPS) is 18.9. The molecule has 1 aliphatic carbocycles. The van der Waals surface area contributed by atoms with Gasteiger partial charge >= 0.3 is 0 Å². The Morgan fingerprint density at radius 1 is 1.00 bits per heavy atom. The maximum atomic E-state index is 11.7. The molecule has 5 nitrogen and oxygen atoms in total. The molecule has 1 aromatic rings. The van der Waals surface area contributed by atoms with Crippen molar-refractivity contribution in [2.45, 2.75) is 19.5 Å². The second kappa shape index (κ2) is 2.31. The first-order valence-corrected chi connectivity index (χ1v) is 4.24. The van der Waals surface area contributed by atoms with Gasteiger partial charge in [0.1, 0.15) is 0 Å². The summed E-state index contributed by atoms with van der Waals surface area (Å²) in [4.78, 5) is 26.3. The maximum Gasteiger partial charge on any atom is 0.207 e. The van der Waals surface area contributed by atoms with Crippen LogP contribution in [0.15, 0.2) is 0 Å². The highest BCUT2D eigenvalue weighted by atomic mass is 16.2. The fourth-order valence-corrected chi connectivity index (χ4v) is 1.87. The molecule has 5 N–H and O–H groups in total. The van der Waals surface area contributed by atoms with E-state index in [1.807, 2.05) is 0 Å². The zero-order chi connectivity index (χ0) is 10.7. The molecule has 0 amide bonds. The number of fused-ring (bicyclic) bond motifs is 1. The summed E-state index contributed by atoms with van der Waals surface area (Å²) in [6.45, 7) is 3.44. The van der Waals surface area contributed by atoms with Crippen LogP contribution < -0.4 is 11.5 Å². The molecule has 0 aliphatic heterocycles. The Hall–Kier alpha value is -1.46. The minimum absolute atomic E-state index is 0.345. The molecule has 74 valence electrons. The van der Waals surface area contributed by atoms with Gasteiger partial charge in [-0.3, -0.25) is 9.59 Å². The first-order valence-electron chi connectivity index (χ1n) is 4.24. The monoisotopic (exact) mass is 193 g/mol. The van der Waals surface area contributed by atoms with Crippen LogP contribution >= 0.6 is 0 Å². The lowest BCUT2D eigenvalue weighted by atomic mass is 10.1. The lowest BCUT2D eigenvalue weighted by molar-refractivity contribution is 0.0804. The number of H-pyrrole nitrogens is 1. The molecule has 0 radical (unpaired) electrons. The van der Waals surface area contributed by atoms with Crippen molar-refractivity contribution in [2.24, 2.45) is 11.5 Å².